The minimum absolute atomic E-state index is 0.309. The Labute approximate surface area is 163 Å². The monoisotopic (exact) mass is 373 g/mol. The van der Waals surface area contributed by atoms with Gasteiger partial charge in [0.15, 0.2) is 0 Å². The molecular formula is C23H20FN3O. The van der Waals surface area contributed by atoms with E-state index < -0.39 is 6.04 Å². The number of nitrogens with one attached hydrogen (secondary N) is 1. The van der Waals surface area contributed by atoms with Gasteiger partial charge in [-0.1, -0.05) is 54.1 Å². The summed E-state index contributed by atoms with van der Waals surface area (Å²) in [5.74, 6) is 0.382. The maximum Gasteiger partial charge on any atom is 0.247 e. The van der Waals surface area contributed by atoms with Gasteiger partial charge in [-0.2, -0.15) is 0 Å². The first kappa shape index (κ1) is 17.9. The molecular weight excluding hydrogens is 353 g/mol. The van der Waals surface area contributed by atoms with Crippen molar-refractivity contribution >= 4 is 5.69 Å². The Morgan fingerprint density at radius 2 is 1.64 bits per heavy atom. The molecule has 0 aliphatic carbocycles. The molecule has 4 nitrogen and oxygen atoms in total. The molecule has 140 valence electrons. The van der Waals surface area contributed by atoms with E-state index in [9.17, 15) is 4.39 Å². The highest BCUT2D eigenvalue weighted by molar-refractivity contribution is 5.55. The maximum atomic E-state index is 14.6. The standard InChI is InChI=1S/C23H20FN3O/c1-15-12-13-20(16(2)14-15)25-21(18-10-6-7-11-19(18)24)23-27-26-22(28-23)17-8-4-3-5-9-17/h3-14,21,25H,1-2H3. The molecule has 0 radical (unpaired) electrons. The number of hydrogen-bond acceptors (Lipinski definition) is 4. The lowest BCUT2D eigenvalue weighted by molar-refractivity contribution is 0.485. The van der Waals surface area contributed by atoms with Crippen molar-refractivity contribution in [3.63, 3.8) is 0 Å². The normalized spacial score (nSPS) is 12.0. The van der Waals surface area contributed by atoms with Crippen LogP contribution in [0.3, 0.4) is 0 Å². The van der Waals surface area contributed by atoms with E-state index in [1.54, 1.807) is 18.2 Å². The Balaban J connectivity index is 1.76. The molecule has 0 fully saturated rings. The molecule has 0 amide bonds. The van der Waals surface area contributed by atoms with Crippen LogP contribution in [0.15, 0.2) is 77.2 Å². The quantitative estimate of drug-likeness (QED) is 0.488. The molecule has 1 unspecified atom stereocenters. The smallest absolute Gasteiger partial charge is 0.247 e. The van der Waals surface area contributed by atoms with Crippen molar-refractivity contribution in [3.8, 4) is 11.5 Å². The molecule has 0 saturated carbocycles. The molecule has 3 aromatic carbocycles. The summed E-state index contributed by atoms with van der Waals surface area (Å²) < 4.78 is 20.5. The molecule has 0 saturated heterocycles. The molecule has 1 N–H and O–H groups in total. The van der Waals surface area contributed by atoms with Gasteiger partial charge in [-0.25, -0.2) is 4.39 Å². The molecule has 1 heterocycles. The van der Waals surface area contributed by atoms with Crippen molar-refractivity contribution in [2.24, 2.45) is 0 Å². The number of anilines is 1. The molecule has 5 heteroatoms. The highest BCUT2D eigenvalue weighted by Gasteiger charge is 2.24. The summed E-state index contributed by atoms with van der Waals surface area (Å²) in [4.78, 5) is 0. The van der Waals surface area contributed by atoms with Gasteiger partial charge < -0.3 is 9.73 Å². The fourth-order valence-electron chi connectivity index (χ4n) is 3.16. The van der Waals surface area contributed by atoms with Gasteiger partial charge in [0, 0.05) is 16.8 Å². The van der Waals surface area contributed by atoms with Crippen LogP contribution in [0.1, 0.15) is 28.6 Å². The number of hydrogen-bond donors (Lipinski definition) is 1. The number of nitrogens with zero attached hydrogens (tertiary/aromatic N) is 2. The van der Waals surface area contributed by atoms with E-state index in [0.717, 1.165) is 22.4 Å². The van der Waals surface area contributed by atoms with E-state index in [-0.39, 0.29) is 5.82 Å². The Kier molecular flexibility index (Phi) is 4.89. The lowest BCUT2D eigenvalue weighted by Crippen LogP contribution is -2.15. The first-order valence-electron chi connectivity index (χ1n) is 9.09. The maximum absolute atomic E-state index is 14.6. The van der Waals surface area contributed by atoms with E-state index >= 15 is 0 Å². The SMILES string of the molecule is Cc1ccc(NC(c2nnc(-c3ccccc3)o2)c2ccccc2F)c(C)c1. The van der Waals surface area contributed by atoms with Gasteiger partial charge in [-0.15, -0.1) is 10.2 Å². The van der Waals surface area contributed by atoms with E-state index in [0.29, 0.717) is 17.3 Å². The molecule has 1 atom stereocenters. The fourth-order valence-corrected chi connectivity index (χ4v) is 3.16. The lowest BCUT2D eigenvalue weighted by Gasteiger charge is -2.19. The van der Waals surface area contributed by atoms with Crippen LogP contribution in [0.5, 0.6) is 0 Å². The van der Waals surface area contributed by atoms with Crippen molar-refractivity contribution in [2.45, 2.75) is 19.9 Å². The fraction of sp³-hybridized carbons (Fsp3) is 0.130. The zero-order chi connectivity index (χ0) is 19.5. The molecule has 1 aromatic heterocycles. The Bertz CT molecular complexity index is 1090. The van der Waals surface area contributed by atoms with Gasteiger partial charge in [0.25, 0.3) is 0 Å². The number of benzene rings is 3. The Hall–Kier alpha value is -3.47. The summed E-state index contributed by atoms with van der Waals surface area (Å²) in [6, 6.07) is 21.6. The third kappa shape index (κ3) is 3.64. The lowest BCUT2D eigenvalue weighted by atomic mass is 10.0. The number of aromatic nitrogens is 2. The van der Waals surface area contributed by atoms with Gasteiger partial charge in [-0.05, 0) is 43.7 Å². The van der Waals surface area contributed by atoms with Gasteiger partial charge in [-0.3, -0.25) is 0 Å². The van der Waals surface area contributed by atoms with E-state index in [1.165, 1.54) is 6.07 Å². The number of halogens is 1. The molecule has 0 bridgehead atoms. The molecule has 4 rings (SSSR count). The second-order valence-corrected chi connectivity index (χ2v) is 6.73. The summed E-state index contributed by atoms with van der Waals surface area (Å²) in [7, 11) is 0. The summed E-state index contributed by atoms with van der Waals surface area (Å²) >= 11 is 0. The van der Waals surface area contributed by atoms with Crippen LogP contribution in [0.25, 0.3) is 11.5 Å². The van der Waals surface area contributed by atoms with Crippen LogP contribution in [-0.2, 0) is 0 Å². The molecule has 28 heavy (non-hydrogen) atoms. The average molecular weight is 373 g/mol. The molecule has 4 aromatic rings. The van der Waals surface area contributed by atoms with Crippen molar-refractivity contribution in [1.29, 1.82) is 0 Å². The van der Waals surface area contributed by atoms with Gasteiger partial charge in [0.1, 0.15) is 11.9 Å². The average Bonchev–Trinajstić information content (AvgIpc) is 3.19. The van der Waals surface area contributed by atoms with Crippen molar-refractivity contribution in [3.05, 3.63) is 101 Å². The highest BCUT2D eigenvalue weighted by Crippen LogP contribution is 2.31. The van der Waals surface area contributed by atoms with Gasteiger partial charge >= 0.3 is 0 Å². The van der Waals surface area contributed by atoms with E-state index in [2.05, 4.69) is 21.6 Å². The van der Waals surface area contributed by atoms with Crippen LogP contribution in [0, 0.1) is 19.7 Å². The van der Waals surface area contributed by atoms with E-state index in [4.69, 9.17) is 4.42 Å². The van der Waals surface area contributed by atoms with Crippen LogP contribution < -0.4 is 5.32 Å². The second-order valence-electron chi connectivity index (χ2n) is 6.73. The number of rotatable bonds is 5. The van der Waals surface area contributed by atoms with Gasteiger partial charge in [0.05, 0.1) is 0 Å². The van der Waals surface area contributed by atoms with Gasteiger partial charge in [0.2, 0.25) is 11.8 Å². The summed E-state index contributed by atoms with van der Waals surface area (Å²) in [5, 5.41) is 11.7. The van der Waals surface area contributed by atoms with Crippen LogP contribution >= 0.6 is 0 Å². The largest absolute Gasteiger partial charge is 0.418 e. The minimum atomic E-state index is -0.604. The molecule has 0 aliphatic heterocycles. The second kappa shape index (κ2) is 7.64. The highest BCUT2D eigenvalue weighted by atomic mass is 19.1. The predicted molar refractivity (Wildman–Crippen MR) is 108 cm³/mol. The van der Waals surface area contributed by atoms with Crippen LogP contribution in [0.4, 0.5) is 10.1 Å². The Morgan fingerprint density at radius 1 is 0.893 bits per heavy atom. The predicted octanol–water partition coefficient (Wildman–Crippen LogP) is 5.69. The summed E-state index contributed by atoms with van der Waals surface area (Å²) in [5.41, 5.74) is 4.38. The first-order chi connectivity index (χ1) is 13.6. The first-order valence-corrected chi connectivity index (χ1v) is 9.09. The van der Waals surface area contributed by atoms with Crippen molar-refractivity contribution < 1.29 is 8.81 Å². The number of aryl methyl sites for hydroxylation is 2. The summed E-state index contributed by atoms with van der Waals surface area (Å²) in [6.45, 7) is 4.05. The zero-order valence-electron chi connectivity index (χ0n) is 15.7. The van der Waals surface area contributed by atoms with Crippen molar-refractivity contribution in [1.82, 2.24) is 10.2 Å². The third-order valence-electron chi connectivity index (χ3n) is 4.61. The Morgan fingerprint density at radius 3 is 2.39 bits per heavy atom. The minimum Gasteiger partial charge on any atom is -0.418 e. The van der Waals surface area contributed by atoms with E-state index in [1.807, 2.05) is 56.3 Å². The molecule has 0 spiro atoms. The third-order valence-corrected chi connectivity index (χ3v) is 4.61. The molecule has 0 aliphatic rings. The van der Waals surface area contributed by atoms with Crippen molar-refractivity contribution in [2.75, 3.05) is 5.32 Å². The topological polar surface area (TPSA) is 51.0 Å². The van der Waals surface area contributed by atoms with Crippen LogP contribution in [-0.4, -0.2) is 10.2 Å². The summed E-state index contributed by atoms with van der Waals surface area (Å²) in [6.07, 6.45) is 0. The zero-order valence-corrected chi connectivity index (χ0v) is 15.7. The van der Waals surface area contributed by atoms with Crippen LogP contribution in [0.2, 0.25) is 0 Å².